The van der Waals surface area contributed by atoms with Gasteiger partial charge in [0, 0.05) is 11.1 Å². The Balaban J connectivity index is 0.000000481. The lowest BCUT2D eigenvalue weighted by molar-refractivity contribution is 0.334. The van der Waals surface area contributed by atoms with Gasteiger partial charge in [0.15, 0.2) is 0 Å². The monoisotopic (exact) mass is 396 g/mol. The summed E-state index contributed by atoms with van der Waals surface area (Å²) in [6.07, 6.45) is 6.59. The van der Waals surface area contributed by atoms with Gasteiger partial charge in [-0.05, 0) is 69.7 Å². The Morgan fingerprint density at radius 1 is 0.759 bits per heavy atom. The number of aromatic hydroxyl groups is 1. The van der Waals surface area contributed by atoms with Crippen molar-refractivity contribution < 1.29 is 9.84 Å². The summed E-state index contributed by atoms with van der Waals surface area (Å²) in [5.74, 6) is 1.45. The molecule has 29 heavy (non-hydrogen) atoms. The van der Waals surface area contributed by atoms with E-state index in [2.05, 4.69) is 53.0 Å². The van der Waals surface area contributed by atoms with Crippen LogP contribution in [0.25, 0.3) is 0 Å². The number of aryl methyl sites for hydroxylation is 4. The molecule has 0 atom stereocenters. The van der Waals surface area contributed by atoms with Crippen molar-refractivity contribution in [2.45, 2.75) is 67.7 Å². The van der Waals surface area contributed by atoms with E-state index in [0.29, 0.717) is 12.4 Å². The summed E-state index contributed by atoms with van der Waals surface area (Å²) < 4.78 is 5.65. The van der Waals surface area contributed by atoms with Gasteiger partial charge < -0.3 is 9.84 Å². The van der Waals surface area contributed by atoms with Crippen LogP contribution in [0.4, 0.5) is 0 Å². The molecule has 0 radical (unpaired) electrons. The smallest absolute Gasteiger partial charge is 0.125 e. The van der Waals surface area contributed by atoms with Gasteiger partial charge in [0.2, 0.25) is 0 Å². The molecular formula is C27H40O2. The van der Waals surface area contributed by atoms with E-state index in [-0.39, 0.29) is 0 Å². The van der Waals surface area contributed by atoms with Gasteiger partial charge in [0.25, 0.3) is 0 Å². The van der Waals surface area contributed by atoms with Gasteiger partial charge in [-0.3, -0.25) is 0 Å². The van der Waals surface area contributed by atoms with Crippen LogP contribution >= 0.6 is 0 Å². The van der Waals surface area contributed by atoms with Gasteiger partial charge in [0.05, 0.1) is 6.61 Å². The number of benzene rings is 2. The lowest BCUT2D eigenvalue weighted by atomic mass is 10.0. The van der Waals surface area contributed by atoms with Gasteiger partial charge in [-0.25, -0.2) is 0 Å². The van der Waals surface area contributed by atoms with Gasteiger partial charge in [-0.15, -0.1) is 13.2 Å². The first kappa shape index (κ1) is 26.5. The Morgan fingerprint density at radius 2 is 1.17 bits per heavy atom. The predicted octanol–water partition coefficient (Wildman–Crippen LogP) is 7.58. The minimum atomic E-state index is 0.412. The van der Waals surface area contributed by atoms with Crippen LogP contribution in [0.3, 0.4) is 0 Å². The summed E-state index contributed by atoms with van der Waals surface area (Å²) in [6.45, 7) is 22.5. The fourth-order valence-corrected chi connectivity index (χ4v) is 2.84. The molecule has 0 saturated carbocycles. The van der Waals surface area contributed by atoms with E-state index in [1.54, 1.807) is 0 Å². The number of phenols is 1. The Labute approximate surface area is 179 Å². The molecule has 0 amide bonds. The van der Waals surface area contributed by atoms with Crippen molar-refractivity contribution in [3.05, 3.63) is 83.0 Å². The summed E-state index contributed by atoms with van der Waals surface area (Å²) in [6, 6.07) is 8.19. The van der Waals surface area contributed by atoms with Crippen molar-refractivity contribution in [3.8, 4) is 11.5 Å². The highest BCUT2D eigenvalue weighted by Crippen LogP contribution is 2.27. The van der Waals surface area contributed by atoms with Crippen molar-refractivity contribution >= 4 is 0 Å². The molecule has 0 fully saturated rings. The average molecular weight is 397 g/mol. The van der Waals surface area contributed by atoms with Crippen molar-refractivity contribution in [1.82, 2.24) is 0 Å². The molecule has 2 rings (SSSR count). The molecule has 2 aromatic rings. The van der Waals surface area contributed by atoms with Crippen LogP contribution in [-0.4, -0.2) is 11.7 Å². The highest BCUT2D eigenvalue weighted by atomic mass is 16.5. The lowest BCUT2D eigenvalue weighted by Crippen LogP contribution is -2.00. The molecule has 0 heterocycles. The molecule has 0 unspecified atom stereocenters. The Morgan fingerprint density at radius 3 is 1.66 bits per heavy atom. The molecule has 0 saturated heterocycles. The van der Waals surface area contributed by atoms with Gasteiger partial charge in [-0.2, -0.15) is 0 Å². The number of allylic oxidation sites excluding steroid dienone is 2. The molecule has 0 aliphatic heterocycles. The first-order valence-electron chi connectivity index (χ1n) is 10.5. The summed E-state index contributed by atoms with van der Waals surface area (Å²) in [5.41, 5.74) is 6.79. The molecule has 0 aliphatic rings. The molecule has 160 valence electrons. The van der Waals surface area contributed by atoms with Gasteiger partial charge >= 0.3 is 0 Å². The quantitative estimate of drug-likeness (QED) is 0.510. The second kappa shape index (κ2) is 14.5. The minimum absolute atomic E-state index is 0.412. The summed E-state index contributed by atoms with van der Waals surface area (Å²) in [5, 5.41) is 9.66. The number of rotatable bonds is 6. The third kappa shape index (κ3) is 8.60. The number of hydrogen-bond acceptors (Lipinski definition) is 2. The van der Waals surface area contributed by atoms with Crippen LogP contribution in [-0.2, 0) is 12.8 Å². The zero-order chi connectivity index (χ0) is 22.4. The fourth-order valence-electron chi connectivity index (χ4n) is 2.84. The number of phenolic OH excluding ortho intramolecular Hbond substituents is 1. The van der Waals surface area contributed by atoms with Crippen molar-refractivity contribution in [2.24, 2.45) is 0 Å². The topological polar surface area (TPSA) is 29.5 Å². The average Bonchev–Trinajstić information content (AvgIpc) is 2.69. The zero-order valence-electron chi connectivity index (χ0n) is 19.6. The highest BCUT2D eigenvalue weighted by molar-refractivity contribution is 5.46. The largest absolute Gasteiger partial charge is 0.507 e. The van der Waals surface area contributed by atoms with Gasteiger partial charge in [-0.1, -0.05) is 56.7 Å². The normalized spacial score (nSPS) is 9.48. The van der Waals surface area contributed by atoms with E-state index in [1.807, 2.05) is 45.1 Å². The van der Waals surface area contributed by atoms with Crippen LogP contribution in [0.15, 0.2) is 49.6 Å². The first-order chi connectivity index (χ1) is 13.8. The minimum Gasteiger partial charge on any atom is -0.507 e. The molecular weight excluding hydrogens is 356 g/mol. The van der Waals surface area contributed by atoms with E-state index in [1.165, 1.54) is 23.1 Å². The molecule has 1 N–H and O–H groups in total. The highest BCUT2D eigenvalue weighted by Gasteiger charge is 2.08. The third-order valence-electron chi connectivity index (χ3n) is 4.40. The lowest BCUT2D eigenvalue weighted by Gasteiger charge is -2.14. The number of hydrogen-bond donors (Lipinski definition) is 1. The van der Waals surface area contributed by atoms with Crippen LogP contribution in [0.1, 0.15) is 60.6 Å². The Hall–Kier alpha value is -2.48. The predicted molar refractivity (Wildman–Crippen MR) is 128 cm³/mol. The summed E-state index contributed by atoms with van der Waals surface area (Å²) in [7, 11) is 0. The molecule has 0 bridgehead atoms. The Kier molecular flexibility index (Phi) is 13.3. The molecule has 2 heteroatoms. The molecule has 0 aliphatic carbocycles. The third-order valence-corrected chi connectivity index (χ3v) is 4.40. The van der Waals surface area contributed by atoms with Crippen molar-refractivity contribution in [1.29, 1.82) is 0 Å². The van der Waals surface area contributed by atoms with Crippen LogP contribution in [0.5, 0.6) is 11.5 Å². The molecule has 2 nitrogen and oxygen atoms in total. The van der Waals surface area contributed by atoms with Crippen LogP contribution < -0.4 is 4.74 Å². The first-order valence-corrected chi connectivity index (χ1v) is 10.5. The second-order valence-corrected chi connectivity index (χ2v) is 7.16. The van der Waals surface area contributed by atoms with E-state index < -0.39 is 0 Å². The maximum absolute atomic E-state index is 9.66. The molecule has 2 aromatic carbocycles. The van der Waals surface area contributed by atoms with Gasteiger partial charge in [0.1, 0.15) is 11.5 Å². The van der Waals surface area contributed by atoms with E-state index in [9.17, 15) is 5.11 Å². The standard InChI is InChI=1S/C13H18O.C11H14O.C3H8/c1-5-7-12-10(3)8-9-11(4)13(12)14-6-2;1-4-5-10-8(2)6-7-9(3)11(10)12;1-3-2/h5,8-9H,1,6-7H2,2-4H3;4,6-7,12H,1,5H2,2-3H3;3H2,1-2H3. The number of ether oxygens (including phenoxy) is 1. The van der Waals surface area contributed by atoms with E-state index in [4.69, 9.17) is 4.74 Å². The van der Waals surface area contributed by atoms with E-state index in [0.717, 1.165) is 35.3 Å². The van der Waals surface area contributed by atoms with Crippen LogP contribution in [0.2, 0.25) is 0 Å². The van der Waals surface area contributed by atoms with Crippen LogP contribution in [0, 0.1) is 27.7 Å². The fraction of sp³-hybridized carbons (Fsp3) is 0.407. The van der Waals surface area contributed by atoms with E-state index >= 15 is 0 Å². The summed E-state index contributed by atoms with van der Waals surface area (Å²) >= 11 is 0. The SMILES string of the molecule is C=CCc1c(C)ccc(C)c1O.C=CCc1c(C)ccc(C)c1OCC.CCC. The summed E-state index contributed by atoms with van der Waals surface area (Å²) in [4.78, 5) is 0. The Bertz CT molecular complexity index is 773. The maximum atomic E-state index is 9.66. The molecule has 0 spiro atoms. The van der Waals surface area contributed by atoms with Crippen molar-refractivity contribution in [3.63, 3.8) is 0 Å². The second-order valence-electron chi connectivity index (χ2n) is 7.16. The maximum Gasteiger partial charge on any atom is 0.125 e. The van der Waals surface area contributed by atoms with Crippen molar-refractivity contribution in [2.75, 3.05) is 6.61 Å². The zero-order valence-corrected chi connectivity index (χ0v) is 19.6. The molecule has 0 aromatic heterocycles.